The highest BCUT2D eigenvalue weighted by Crippen LogP contribution is 2.41. The number of carbonyl (C=O) groups excluding carboxylic acids is 1. The normalized spacial score (nSPS) is 18.9. The fourth-order valence-electron chi connectivity index (χ4n) is 3.39. The Morgan fingerprint density at radius 3 is 2.76 bits per heavy atom. The van der Waals surface area contributed by atoms with Crippen molar-refractivity contribution in [3.63, 3.8) is 0 Å². The lowest BCUT2D eigenvalue weighted by atomic mass is 9.86. The number of benzene rings is 2. The lowest BCUT2D eigenvalue weighted by Crippen LogP contribution is -2.51. The van der Waals surface area contributed by atoms with Gasteiger partial charge in [-0.3, -0.25) is 10.1 Å². The molecule has 0 spiro atoms. The molecule has 0 saturated heterocycles. The van der Waals surface area contributed by atoms with E-state index >= 15 is 0 Å². The summed E-state index contributed by atoms with van der Waals surface area (Å²) in [4.78, 5) is 21.1. The summed E-state index contributed by atoms with van der Waals surface area (Å²) in [6, 6.07) is 13.1. The number of nitrogens with one attached hydrogen (secondary N) is 1. The van der Waals surface area contributed by atoms with Gasteiger partial charge in [-0.25, -0.2) is 4.79 Å². The van der Waals surface area contributed by atoms with E-state index in [1.165, 1.54) is 24.3 Å². The summed E-state index contributed by atoms with van der Waals surface area (Å²) in [5, 5.41) is 25.3. The van der Waals surface area contributed by atoms with E-state index in [1.807, 2.05) is 30.3 Å². The smallest absolute Gasteiger partial charge is 0.270 e. The van der Waals surface area contributed by atoms with Crippen LogP contribution in [0.15, 0.2) is 66.6 Å². The van der Waals surface area contributed by atoms with Gasteiger partial charge in [0.15, 0.2) is 0 Å². The summed E-state index contributed by atoms with van der Waals surface area (Å²) in [5.74, 6) is 2.51. The number of aliphatic hydroxyl groups excluding tert-OH is 1. The van der Waals surface area contributed by atoms with Gasteiger partial charge in [0.1, 0.15) is 42.4 Å². The van der Waals surface area contributed by atoms with Gasteiger partial charge >= 0.3 is 0 Å². The van der Waals surface area contributed by atoms with E-state index in [-0.39, 0.29) is 25.5 Å². The number of hydrogen-bond donors (Lipinski definition) is 2. The van der Waals surface area contributed by atoms with Gasteiger partial charge in [-0.2, -0.15) is 0 Å². The fraction of sp³-hybridized carbons (Fsp3) is 0.333. The zero-order valence-electron chi connectivity index (χ0n) is 18.4. The zero-order chi connectivity index (χ0) is 23.8. The number of nitro benzene ring substituents is 1. The molecule has 2 atom stereocenters. The predicted molar refractivity (Wildman–Crippen MR) is 120 cm³/mol. The summed E-state index contributed by atoms with van der Waals surface area (Å²) >= 11 is 0. The van der Waals surface area contributed by atoms with E-state index < -0.39 is 22.7 Å². The Labute approximate surface area is 191 Å². The molecule has 2 aromatic rings. The minimum Gasteiger partial charge on any atom is -0.489 e. The van der Waals surface area contributed by atoms with Crippen molar-refractivity contribution in [2.75, 3.05) is 13.2 Å². The van der Waals surface area contributed by atoms with Crippen molar-refractivity contribution in [2.45, 2.75) is 38.2 Å². The van der Waals surface area contributed by atoms with E-state index in [4.69, 9.17) is 14.2 Å². The first-order chi connectivity index (χ1) is 15.8. The molecule has 2 N–H and O–H groups in total. The van der Waals surface area contributed by atoms with Crippen molar-refractivity contribution in [3.05, 3.63) is 87.8 Å². The molecule has 0 unspecified atom stereocenters. The van der Waals surface area contributed by atoms with Crippen molar-refractivity contribution in [2.24, 2.45) is 0 Å². The SMILES string of the molecule is CC1(C)Oc2ccc([N+](=O)[O-])cc2[C@@H](N/C=C(\COCC=C=O)OCc2ccccc2)[C@@H]1O. The van der Waals surface area contributed by atoms with Crippen LogP contribution in [0.3, 0.4) is 0 Å². The molecule has 174 valence electrons. The number of ether oxygens (including phenoxy) is 3. The zero-order valence-corrected chi connectivity index (χ0v) is 18.4. The Morgan fingerprint density at radius 1 is 1.30 bits per heavy atom. The number of aliphatic hydroxyl groups is 1. The minimum absolute atomic E-state index is 0.0581. The van der Waals surface area contributed by atoms with Gasteiger partial charge in [-0.05, 0) is 25.5 Å². The third-order valence-corrected chi connectivity index (χ3v) is 5.16. The summed E-state index contributed by atoms with van der Waals surface area (Å²) in [7, 11) is 0. The number of nitro groups is 1. The van der Waals surface area contributed by atoms with E-state index in [2.05, 4.69) is 5.32 Å². The van der Waals surface area contributed by atoms with Crippen LogP contribution in [0.1, 0.15) is 31.0 Å². The van der Waals surface area contributed by atoms with Crippen LogP contribution in [-0.2, 0) is 20.9 Å². The molecule has 9 heteroatoms. The first-order valence-corrected chi connectivity index (χ1v) is 10.4. The number of nitrogens with zero attached hydrogens (tertiary/aromatic N) is 1. The molecular weight excluding hydrogens is 428 g/mol. The van der Waals surface area contributed by atoms with E-state index in [9.17, 15) is 20.0 Å². The van der Waals surface area contributed by atoms with Gasteiger partial charge in [0, 0.05) is 30.0 Å². The minimum atomic E-state index is -1.02. The fourth-order valence-corrected chi connectivity index (χ4v) is 3.39. The van der Waals surface area contributed by atoms with Crippen LogP contribution < -0.4 is 10.1 Å². The average Bonchev–Trinajstić information content (AvgIpc) is 2.80. The second-order valence-electron chi connectivity index (χ2n) is 8.00. The van der Waals surface area contributed by atoms with Crippen molar-refractivity contribution in [1.82, 2.24) is 5.32 Å². The van der Waals surface area contributed by atoms with Crippen LogP contribution >= 0.6 is 0 Å². The van der Waals surface area contributed by atoms with E-state index in [1.54, 1.807) is 26.0 Å². The lowest BCUT2D eigenvalue weighted by Gasteiger charge is -2.42. The van der Waals surface area contributed by atoms with Crippen molar-refractivity contribution < 1.29 is 29.0 Å². The highest BCUT2D eigenvalue weighted by molar-refractivity contribution is 5.48. The predicted octanol–water partition coefficient (Wildman–Crippen LogP) is 3.22. The van der Waals surface area contributed by atoms with Crippen LogP contribution in [-0.4, -0.2) is 40.9 Å². The molecule has 0 aliphatic carbocycles. The van der Waals surface area contributed by atoms with Crippen LogP contribution in [0.2, 0.25) is 0 Å². The molecule has 0 saturated carbocycles. The van der Waals surface area contributed by atoms with Crippen molar-refractivity contribution >= 4 is 11.6 Å². The number of fused-ring (bicyclic) bond motifs is 1. The van der Waals surface area contributed by atoms with Gasteiger partial charge < -0.3 is 24.6 Å². The summed E-state index contributed by atoms with van der Waals surface area (Å²) < 4.78 is 17.2. The first-order valence-electron chi connectivity index (χ1n) is 10.4. The third-order valence-electron chi connectivity index (χ3n) is 5.16. The van der Waals surface area contributed by atoms with Gasteiger partial charge in [0.05, 0.1) is 17.6 Å². The van der Waals surface area contributed by atoms with Gasteiger partial charge in [0.25, 0.3) is 5.69 Å². The maximum absolute atomic E-state index is 11.3. The highest BCUT2D eigenvalue weighted by atomic mass is 16.6. The molecule has 1 aliphatic heterocycles. The van der Waals surface area contributed by atoms with Crippen LogP contribution in [0.4, 0.5) is 5.69 Å². The topological polar surface area (TPSA) is 120 Å². The van der Waals surface area contributed by atoms with Crippen LogP contribution in [0.5, 0.6) is 5.75 Å². The Balaban J connectivity index is 1.84. The van der Waals surface area contributed by atoms with Crippen molar-refractivity contribution in [3.8, 4) is 5.75 Å². The van der Waals surface area contributed by atoms with Gasteiger partial charge in [-0.1, -0.05) is 30.3 Å². The molecule has 0 amide bonds. The lowest BCUT2D eigenvalue weighted by molar-refractivity contribution is -0.385. The van der Waals surface area contributed by atoms with Crippen molar-refractivity contribution in [1.29, 1.82) is 0 Å². The molecule has 0 fully saturated rings. The van der Waals surface area contributed by atoms with Crippen LogP contribution in [0, 0.1) is 10.1 Å². The number of hydrogen-bond acceptors (Lipinski definition) is 8. The monoisotopic (exact) mass is 454 g/mol. The largest absolute Gasteiger partial charge is 0.489 e. The maximum Gasteiger partial charge on any atom is 0.270 e. The Bertz CT molecular complexity index is 1050. The Morgan fingerprint density at radius 2 is 2.06 bits per heavy atom. The summed E-state index contributed by atoms with van der Waals surface area (Å²) in [5.41, 5.74) is 0.360. The second kappa shape index (κ2) is 10.8. The standard InChI is InChI=1S/C24H26N2O7/c1-24(2)23(28)22(20-13-18(26(29)30)9-10-21(20)33-24)25-14-19(16-31-12-6-11-27)32-15-17-7-4-3-5-8-17/h3-10,13-14,22-23,25,28H,12,15-16H2,1-2H3/b19-14+/t22-,23+/m1/s1. The van der Waals surface area contributed by atoms with Crippen LogP contribution in [0.25, 0.3) is 0 Å². The first kappa shape index (κ1) is 24.0. The molecule has 0 radical (unpaired) electrons. The summed E-state index contributed by atoms with van der Waals surface area (Å²) in [6.45, 7) is 3.88. The molecule has 1 aliphatic rings. The van der Waals surface area contributed by atoms with Gasteiger partial charge in [-0.15, -0.1) is 0 Å². The number of rotatable bonds is 10. The molecule has 0 aromatic heterocycles. The molecule has 2 aromatic carbocycles. The molecular formula is C24H26N2O7. The second-order valence-corrected chi connectivity index (χ2v) is 8.00. The molecule has 3 rings (SSSR count). The molecule has 1 heterocycles. The number of non-ortho nitro benzene ring substituents is 1. The van der Waals surface area contributed by atoms with E-state index in [0.717, 1.165) is 5.56 Å². The average molecular weight is 454 g/mol. The molecule has 33 heavy (non-hydrogen) atoms. The van der Waals surface area contributed by atoms with Gasteiger partial charge in [0.2, 0.25) is 0 Å². The summed E-state index contributed by atoms with van der Waals surface area (Å²) in [6.07, 6.45) is 1.76. The molecule has 9 nitrogen and oxygen atoms in total. The Kier molecular flexibility index (Phi) is 7.84. The quantitative estimate of drug-likeness (QED) is 0.185. The molecule has 0 bridgehead atoms. The highest BCUT2D eigenvalue weighted by Gasteiger charge is 2.43. The third kappa shape index (κ3) is 6.20. The van der Waals surface area contributed by atoms with E-state index in [0.29, 0.717) is 17.1 Å². The Hall–Kier alpha value is -3.65. The maximum atomic E-state index is 11.3.